The molecule has 3 atom stereocenters. The SMILES string of the molecule is CCCCC/C=C\C/C=C\CC1OC1C/C=C\CCCC(=O)OC[C@H](COP(=O)(O)O)OC(=O)CCCCCCCCC. The van der Waals surface area contributed by atoms with Crippen molar-refractivity contribution >= 4 is 19.8 Å². The van der Waals surface area contributed by atoms with Crippen molar-refractivity contribution in [1.82, 2.24) is 0 Å². The van der Waals surface area contributed by atoms with Gasteiger partial charge in [0.25, 0.3) is 0 Å². The van der Waals surface area contributed by atoms with E-state index in [0.717, 1.165) is 51.4 Å². The van der Waals surface area contributed by atoms with E-state index in [9.17, 15) is 14.2 Å². The summed E-state index contributed by atoms with van der Waals surface area (Å²) in [5.41, 5.74) is 0. The van der Waals surface area contributed by atoms with Gasteiger partial charge in [0.15, 0.2) is 6.10 Å². The molecule has 1 aliphatic heterocycles. The minimum Gasteiger partial charge on any atom is -0.462 e. The highest BCUT2D eigenvalue weighted by molar-refractivity contribution is 7.46. The van der Waals surface area contributed by atoms with E-state index in [-0.39, 0.29) is 31.7 Å². The molecule has 43 heavy (non-hydrogen) atoms. The van der Waals surface area contributed by atoms with Gasteiger partial charge in [-0.2, -0.15) is 0 Å². The number of hydrogen-bond acceptors (Lipinski definition) is 7. The van der Waals surface area contributed by atoms with Gasteiger partial charge in [-0.1, -0.05) is 102 Å². The number of esters is 2. The van der Waals surface area contributed by atoms with Crippen molar-refractivity contribution in [2.75, 3.05) is 13.2 Å². The summed E-state index contributed by atoms with van der Waals surface area (Å²) in [6, 6.07) is 0. The van der Waals surface area contributed by atoms with Crippen molar-refractivity contribution in [3.63, 3.8) is 0 Å². The molecule has 248 valence electrons. The van der Waals surface area contributed by atoms with Crippen LogP contribution >= 0.6 is 7.82 Å². The van der Waals surface area contributed by atoms with E-state index in [4.69, 9.17) is 24.0 Å². The van der Waals surface area contributed by atoms with Gasteiger partial charge in [0.2, 0.25) is 0 Å². The summed E-state index contributed by atoms with van der Waals surface area (Å²) in [6.07, 6.45) is 29.2. The number of carbonyl (C=O) groups excluding carboxylic acids is 2. The topological polar surface area (TPSA) is 132 Å². The number of hydrogen-bond donors (Lipinski definition) is 2. The van der Waals surface area contributed by atoms with E-state index < -0.39 is 32.5 Å². The largest absolute Gasteiger partial charge is 0.469 e. The Bertz CT molecular complexity index is 864. The molecule has 1 fully saturated rings. The second kappa shape index (κ2) is 25.5. The van der Waals surface area contributed by atoms with Crippen LogP contribution in [0.4, 0.5) is 0 Å². The van der Waals surface area contributed by atoms with Crippen molar-refractivity contribution in [3.8, 4) is 0 Å². The smallest absolute Gasteiger partial charge is 0.462 e. The lowest BCUT2D eigenvalue weighted by Gasteiger charge is -2.18. The highest BCUT2D eigenvalue weighted by atomic mass is 31.2. The average Bonchev–Trinajstić information content (AvgIpc) is 3.72. The van der Waals surface area contributed by atoms with Gasteiger partial charge in [-0.25, -0.2) is 4.57 Å². The van der Waals surface area contributed by atoms with Crippen LogP contribution in [0.5, 0.6) is 0 Å². The molecule has 1 rings (SSSR count). The second-order valence-corrected chi connectivity index (χ2v) is 12.4. The normalized spacial score (nSPS) is 17.7. The molecule has 0 bridgehead atoms. The van der Waals surface area contributed by atoms with Gasteiger partial charge in [0.05, 0.1) is 18.8 Å². The lowest BCUT2D eigenvalue weighted by molar-refractivity contribution is -0.161. The van der Waals surface area contributed by atoms with Gasteiger partial charge in [-0.3, -0.25) is 14.1 Å². The molecule has 0 amide bonds. The number of unbranched alkanes of at least 4 members (excludes halogenated alkanes) is 10. The van der Waals surface area contributed by atoms with Crippen molar-refractivity contribution in [2.24, 2.45) is 0 Å². The zero-order valence-electron chi connectivity index (χ0n) is 26.5. The molecule has 1 heterocycles. The number of allylic oxidation sites excluding steroid dienone is 4. The fourth-order valence-corrected chi connectivity index (χ4v) is 4.82. The number of phosphoric ester groups is 1. The van der Waals surface area contributed by atoms with Crippen LogP contribution in [-0.4, -0.2) is 53.3 Å². The molecular weight excluding hydrogens is 571 g/mol. The standard InChI is InChI=1S/C33H57O9P/c1-3-5-7-9-11-12-14-15-19-23-30-31(42-30)24-20-17-18-21-25-32(34)39-27-29(28-40-43(36,37)38)41-33(35)26-22-16-13-10-8-6-4-2/h11-12,15,17,19-20,29-31H,3-10,13-14,16,18,21-28H2,1-2H3,(H2,36,37,38)/b12-11-,19-15-,20-17-/t29-,30?,31?/m1/s1. The number of ether oxygens (including phenoxy) is 3. The zero-order chi connectivity index (χ0) is 31.6. The van der Waals surface area contributed by atoms with Gasteiger partial charge in [0.1, 0.15) is 6.61 Å². The number of rotatable bonds is 28. The van der Waals surface area contributed by atoms with Gasteiger partial charge in [0, 0.05) is 12.8 Å². The Labute approximate surface area is 259 Å². The van der Waals surface area contributed by atoms with E-state index in [1.165, 1.54) is 38.5 Å². The Balaban J connectivity index is 2.17. The first kappa shape index (κ1) is 39.3. The average molecular weight is 629 g/mol. The summed E-state index contributed by atoms with van der Waals surface area (Å²) in [4.78, 5) is 42.3. The van der Waals surface area contributed by atoms with Crippen LogP contribution in [0, 0.1) is 0 Å². The summed E-state index contributed by atoms with van der Waals surface area (Å²) < 4.78 is 31.8. The van der Waals surface area contributed by atoms with Crippen LogP contribution in [0.15, 0.2) is 36.5 Å². The fraction of sp³-hybridized carbons (Fsp3) is 0.758. The van der Waals surface area contributed by atoms with Crippen LogP contribution in [0.1, 0.15) is 129 Å². The maximum absolute atomic E-state index is 12.2. The molecule has 10 heteroatoms. The maximum Gasteiger partial charge on any atom is 0.469 e. The monoisotopic (exact) mass is 628 g/mol. The number of carbonyl (C=O) groups is 2. The van der Waals surface area contributed by atoms with Crippen molar-refractivity contribution in [2.45, 2.75) is 148 Å². The zero-order valence-corrected chi connectivity index (χ0v) is 27.4. The van der Waals surface area contributed by atoms with Gasteiger partial charge in [-0.05, 0) is 51.4 Å². The molecule has 9 nitrogen and oxygen atoms in total. The molecule has 0 aromatic heterocycles. The molecule has 2 unspecified atom stereocenters. The van der Waals surface area contributed by atoms with Crippen LogP contribution in [0.25, 0.3) is 0 Å². The Hall–Kier alpha value is -1.77. The van der Waals surface area contributed by atoms with Gasteiger partial charge in [-0.15, -0.1) is 0 Å². The molecule has 0 saturated carbocycles. The first-order valence-corrected chi connectivity index (χ1v) is 17.9. The highest BCUT2D eigenvalue weighted by Gasteiger charge is 2.36. The molecule has 0 aromatic carbocycles. The van der Waals surface area contributed by atoms with Crippen molar-refractivity contribution in [1.29, 1.82) is 0 Å². The fourth-order valence-electron chi connectivity index (χ4n) is 4.46. The summed E-state index contributed by atoms with van der Waals surface area (Å²) in [7, 11) is -4.75. The Morgan fingerprint density at radius 1 is 0.721 bits per heavy atom. The van der Waals surface area contributed by atoms with Crippen molar-refractivity contribution < 1.29 is 42.7 Å². The van der Waals surface area contributed by atoms with Crippen LogP contribution in [-0.2, 0) is 32.9 Å². The molecule has 0 aliphatic carbocycles. The summed E-state index contributed by atoms with van der Waals surface area (Å²) in [5.74, 6) is -0.969. The van der Waals surface area contributed by atoms with Gasteiger partial charge >= 0.3 is 19.8 Å². The van der Waals surface area contributed by atoms with E-state index in [1.807, 2.05) is 6.08 Å². The Kier molecular flexibility index (Phi) is 23.3. The number of phosphoric acid groups is 1. The second-order valence-electron chi connectivity index (χ2n) is 11.2. The molecule has 0 aromatic rings. The van der Waals surface area contributed by atoms with Crippen LogP contribution in [0.3, 0.4) is 0 Å². The van der Waals surface area contributed by atoms with Crippen LogP contribution in [0.2, 0.25) is 0 Å². The van der Waals surface area contributed by atoms with Gasteiger partial charge < -0.3 is 24.0 Å². The van der Waals surface area contributed by atoms with E-state index >= 15 is 0 Å². The first-order chi connectivity index (χ1) is 20.7. The molecule has 1 saturated heterocycles. The maximum atomic E-state index is 12.2. The molecule has 2 N–H and O–H groups in total. The summed E-state index contributed by atoms with van der Waals surface area (Å²) in [6.45, 7) is 3.50. The minimum atomic E-state index is -4.75. The molecule has 0 spiro atoms. The van der Waals surface area contributed by atoms with E-state index in [0.29, 0.717) is 12.8 Å². The van der Waals surface area contributed by atoms with Crippen molar-refractivity contribution in [3.05, 3.63) is 36.5 Å². The molecular formula is C33H57O9P. The Morgan fingerprint density at radius 3 is 1.98 bits per heavy atom. The quantitative estimate of drug-likeness (QED) is 0.0290. The minimum absolute atomic E-state index is 0.183. The van der Waals surface area contributed by atoms with E-state index in [2.05, 4.69) is 48.8 Å². The van der Waals surface area contributed by atoms with E-state index in [1.54, 1.807) is 0 Å². The third kappa shape index (κ3) is 25.3. The first-order valence-electron chi connectivity index (χ1n) is 16.4. The summed E-state index contributed by atoms with van der Waals surface area (Å²) >= 11 is 0. The third-order valence-electron chi connectivity index (χ3n) is 7.06. The Morgan fingerprint density at radius 2 is 1.28 bits per heavy atom. The predicted octanol–water partition coefficient (Wildman–Crippen LogP) is 8.05. The number of epoxide rings is 1. The molecule has 1 aliphatic rings. The predicted molar refractivity (Wildman–Crippen MR) is 169 cm³/mol. The highest BCUT2D eigenvalue weighted by Crippen LogP contribution is 2.36. The molecule has 0 radical (unpaired) electrons. The lowest BCUT2D eigenvalue weighted by Crippen LogP contribution is -2.29. The van der Waals surface area contributed by atoms with Crippen LogP contribution < -0.4 is 0 Å². The summed E-state index contributed by atoms with van der Waals surface area (Å²) in [5, 5.41) is 0. The third-order valence-corrected chi connectivity index (χ3v) is 7.55. The lowest BCUT2D eigenvalue weighted by atomic mass is 10.1.